The van der Waals surface area contributed by atoms with E-state index in [1.54, 1.807) is 7.11 Å². The summed E-state index contributed by atoms with van der Waals surface area (Å²) in [4.78, 5) is 18.2. The Bertz CT molecular complexity index is 529. The smallest absolute Gasteiger partial charge is 0.311 e. The van der Waals surface area contributed by atoms with E-state index in [-0.39, 0.29) is 0 Å². The molecular weight excluding hydrogens is 286 g/mol. The van der Waals surface area contributed by atoms with E-state index in [1.807, 2.05) is 4.90 Å². The number of hydrogen-bond donors (Lipinski definition) is 1. The molecule has 1 atom stereocenters. The van der Waals surface area contributed by atoms with Gasteiger partial charge in [-0.1, -0.05) is 0 Å². The normalized spacial score (nSPS) is 25.4. The minimum Gasteiger partial charge on any atom is -0.481 e. The molecule has 2 heterocycles. The molecular formula is C15H23N3O4. The number of carbonyl (C=O) groups is 1. The molecule has 1 aliphatic heterocycles. The molecule has 122 valence electrons. The Hall–Kier alpha value is -1.63. The van der Waals surface area contributed by atoms with E-state index in [4.69, 9.17) is 9.26 Å². The van der Waals surface area contributed by atoms with E-state index >= 15 is 0 Å². The van der Waals surface area contributed by atoms with Gasteiger partial charge in [0.25, 0.3) is 5.95 Å². The maximum absolute atomic E-state index is 11.8. The van der Waals surface area contributed by atoms with Crippen LogP contribution in [0.4, 0.5) is 5.95 Å². The molecule has 0 amide bonds. The van der Waals surface area contributed by atoms with Crippen LogP contribution < -0.4 is 4.90 Å². The lowest BCUT2D eigenvalue weighted by Gasteiger charge is -2.39. The van der Waals surface area contributed by atoms with Gasteiger partial charge in [-0.05, 0) is 43.7 Å². The predicted octanol–water partition coefficient (Wildman–Crippen LogP) is 2.04. The standard InChI is InChI=1S/C15H23N3O4/c1-21-9-3-7-15(13(19)20)6-2-8-18(10-15)14-16-12(22-17-14)11-4-5-11/h11H,2-10H2,1H3,(H,19,20)/t15-/m1/s1. The highest BCUT2D eigenvalue weighted by molar-refractivity contribution is 5.75. The molecule has 0 aromatic carbocycles. The Balaban J connectivity index is 1.70. The van der Waals surface area contributed by atoms with Gasteiger partial charge in [0, 0.05) is 32.7 Å². The van der Waals surface area contributed by atoms with Gasteiger partial charge in [-0.3, -0.25) is 4.79 Å². The molecule has 0 spiro atoms. The zero-order valence-electron chi connectivity index (χ0n) is 13.0. The minimum atomic E-state index is -0.739. The largest absolute Gasteiger partial charge is 0.481 e. The molecule has 1 saturated carbocycles. The molecule has 2 fully saturated rings. The van der Waals surface area contributed by atoms with E-state index < -0.39 is 11.4 Å². The highest BCUT2D eigenvalue weighted by Crippen LogP contribution is 2.40. The molecule has 1 saturated heterocycles. The van der Waals surface area contributed by atoms with Crippen LogP contribution >= 0.6 is 0 Å². The summed E-state index contributed by atoms with van der Waals surface area (Å²) < 4.78 is 10.4. The van der Waals surface area contributed by atoms with Crippen LogP contribution in [0.5, 0.6) is 0 Å². The van der Waals surface area contributed by atoms with Crippen molar-refractivity contribution in [3.8, 4) is 0 Å². The molecule has 0 unspecified atom stereocenters. The summed E-state index contributed by atoms with van der Waals surface area (Å²) in [6, 6.07) is 0. The maximum atomic E-state index is 11.8. The van der Waals surface area contributed by atoms with E-state index in [0.717, 1.165) is 32.2 Å². The first-order valence-corrected chi connectivity index (χ1v) is 7.95. The van der Waals surface area contributed by atoms with Crippen molar-refractivity contribution in [3.05, 3.63) is 5.89 Å². The van der Waals surface area contributed by atoms with Gasteiger partial charge in [0.1, 0.15) is 0 Å². The van der Waals surface area contributed by atoms with Gasteiger partial charge < -0.3 is 19.3 Å². The van der Waals surface area contributed by atoms with Crippen molar-refractivity contribution in [1.82, 2.24) is 10.1 Å². The van der Waals surface area contributed by atoms with Crippen molar-refractivity contribution < 1.29 is 19.2 Å². The Kier molecular flexibility index (Phi) is 4.33. The second kappa shape index (κ2) is 6.24. The summed E-state index contributed by atoms with van der Waals surface area (Å²) >= 11 is 0. The lowest BCUT2D eigenvalue weighted by Crippen LogP contribution is -2.48. The topological polar surface area (TPSA) is 88.7 Å². The third kappa shape index (κ3) is 3.09. The first kappa shape index (κ1) is 15.3. The molecule has 1 aliphatic carbocycles. The Morgan fingerprint density at radius 3 is 3.05 bits per heavy atom. The number of piperidine rings is 1. The first-order valence-electron chi connectivity index (χ1n) is 7.95. The summed E-state index contributed by atoms with van der Waals surface area (Å²) in [7, 11) is 1.64. The number of carboxylic acid groups (broad SMARTS) is 1. The number of aliphatic carboxylic acids is 1. The third-order valence-corrected chi connectivity index (χ3v) is 4.67. The number of carboxylic acids is 1. The van der Waals surface area contributed by atoms with Crippen LogP contribution in [0, 0.1) is 5.41 Å². The fourth-order valence-electron chi connectivity index (χ4n) is 3.19. The molecule has 7 nitrogen and oxygen atoms in total. The van der Waals surface area contributed by atoms with Gasteiger partial charge in [-0.2, -0.15) is 4.98 Å². The number of hydrogen-bond acceptors (Lipinski definition) is 6. The van der Waals surface area contributed by atoms with Crippen LogP contribution in [0.1, 0.15) is 50.3 Å². The van der Waals surface area contributed by atoms with Crippen molar-refractivity contribution in [1.29, 1.82) is 0 Å². The highest BCUT2D eigenvalue weighted by atomic mass is 16.5. The lowest BCUT2D eigenvalue weighted by molar-refractivity contribution is -0.150. The SMILES string of the molecule is COCCC[C@]1(C(=O)O)CCCN(c2noc(C3CC3)n2)C1. The van der Waals surface area contributed by atoms with E-state index in [9.17, 15) is 9.90 Å². The van der Waals surface area contributed by atoms with Crippen LogP contribution in [0.25, 0.3) is 0 Å². The second-order valence-corrected chi connectivity index (χ2v) is 6.41. The third-order valence-electron chi connectivity index (χ3n) is 4.67. The molecule has 1 N–H and O–H groups in total. The van der Waals surface area contributed by atoms with Crippen molar-refractivity contribution >= 4 is 11.9 Å². The number of ether oxygens (including phenoxy) is 1. The molecule has 3 rings (SSSR count). The average molecular weight is 309 g/mol. The fraction of sp³-hybridized carbons (Fsp3) is 0.800. The number of rotatable bonds is 7. The van der Waals surface area contributed by atoms with E-state index in [1.165, 1.54) is 0 Å². The maximum Gasteiger partial charge on any atom is 0.311 e. The number of nitrogens with zero attached hydrogens (tertiary/aromatic N) is 3. The molecule has 2 aliphatic rings. The molecule has 0 bridgehead atoms. The van der Waals surface area contributed by atoms with Crippen LogP contribution in [-0.4, -0.2) is 48.0 Å². The van der Waals surface area contributed by atoms with Crippen LogP contribution in [0.2, 0.25) is 0 Å². The van der Waals surface area contributed by atoms with Crippen molar-refractivity contribution in [2.75, 3.05) is 31.7 Å². The van der Waals surface area contributed by atoms with Crippen molar-refractivity contribution in [3.63, 3.8) is 0 Å². The Morgan fingerprint density at radius 1 is 1.55 bits per heavy atom. The minimum absolute atomic E-state index is 0.414. The number of anilines is 1. The van der Waals surface area contributed by atoms with Gasteiger partial charge in [0.15, 0.2) is 0 Å². The highest BCUT2D eigenvalue weighted by Gasteiger charge is 2.43. The monoisotopic (exact) mass is 309 g/mol. The molecule has 1 aromatic rings. The van der Waals surface area contributed by atoms with E-state index in [0.29, 0.717) is 43.8 Å². The quantitative estimate of drug-likeness (QED) is 0.771. The molecule has 22 heavy (non-hydrogen) atoms. The van der Waals surface area contributed by atoms with Gasteiger partial charge in [0.05, 0.1) is 5.41 Å². The summed E-state index contributed by atoms with van der Waals surface area (Å²) in [5.41, 5.74) is -0.739. The Labute approximate surface area is 129 Å². The van der Waals surface area contributed by atoms with Crippen LogP contribution in [-0.2, 0) is 9.53 Å². The molecule has 1 aromatic heterocycles. The number of methoxy groups -OCH3 is 1. The predicted molar refractivity (Wildman–Crippen MR) is 78.9 cm³/mol. The van der Waals surface area contributed by atoms with Gasteiger partial charge in [-0.15, -0.1) is 0 Å². The van der Waals surface area contributed by atoms with Crippen molar-refractivity contribution in [2.45, 2.75) is 44.4 Å². The van der Waals surface area contributed by atoms with Gasteiger partial charge in [-0.25, -0.2) is 0 Å². The lowest BCUT2D eigenvalue weighted by atomic mass is 9.76. The summed E-state index contributed by atoms with van der Waals surface area (Å²) in [5, 5.41) is 13.8. The summed E-state index contributed by atoms with van der Waals surface area (Å²) in [6.45, 7) is 1.81. The van der Waals surface area contributed by atoms with E-state index in [2.05, 4.69) is 10.1 Å². The average Bonchev–Trinajstić information content (AvgIpc) is 3.25. The number of aromatic nitrogens is 2. The summed E-state index contributed by atoms with van der Waals surface area (Å²) in [6.07, 6.45) is 5.09. The first-order chi connectivity index (χ1) is 10.6. The zero-order valence-corrected chi connectivity index (χ0v) is 13.0. The van der Waals surface area contributed by atoms with Crippen LogP contribution in [0.15, 0.2) is 4.52 Å². The summed E-state index contributed by atoms with van der Waals surface area (Å²) in [5.74, 6) is 0.913. The van der Waals surface area contributed by atoms with Gasteiger partial charge in [0.2, 0.25) is 5.89 Å². The molecule has 7 heteroatoms. The zero-order chi connectivity index (χ0) is 15.6. The fourth-order valence-corrected chi connectivity index (χ4v) is 3.19. The van der Waals surface area contributed by atoms with Crippen LogP contribution in [0.3, 0.4) is 0 Å². The second-order valence-electron chi connectivity index (χ2n) is 6.41. The van der Waals surface area contributed by atoms with Gasteiger partial charge >= 0.3 is 5.97 Å². The van der Waals surface area contributed by atoms with Crippen molar-refractivity contribution in [2.24, 2.45) is 5.41 Å². The Morgan fingerprint density at radius 2 is 2.36 bits per heavy atom. The molecule has 0 radical (unpaired) electrons.